The summed E-state index contributed by atoms with van der Waals surface area (Å²) in [6.45, 7) is 3.81. The van der Waals surface area contributed by atoms with Gasteiger partial charge in [-0.3, -0.25) is 9.48 Å². The molecule has 0 N–H and O–H groups in total. The van der Waals surface area contributed by atoms with Gasteiger partial charge in [-0.1, -0.05) is 13.3 Å². The Morgan fingerprint density at radius 1 is 1.10 bits per heavy atom. The van der Waals surface area contributed by atoms with E-state index in [0.29, 0.717) is 38.3 Å². The number of hydrogen-bond donors (Lipinski definition) is 0. The molecule has 0 unspecified atom stereocenters. The average Bonchev–Trinajstić information content (AvgIpc) is 3.10. The molecule has 0 bridgehead atoms. The molecule has 2 aromatic rings. The first-order chi connectivity index (χ1) is 13.8. The number of nitrogens with zero attached hydrogens (tertiary/aromatic N) is 4. The maximum atomic E-state index is 13.1. The zero-order valence-corrected chi connectivity index (χ0v) is 16.3. The third-order valence-electron chi connectivity index (χ3n) is 5.05. The predicted octanol–water partition coefficient (Wildman–Crippen LogP) is 3.73. The lowest BCUT2D eigenvalue weighted by Gasteiger charge is -2.36. The number of unbranched alkanes of at least 4 members (excludes halogenated alkanes) is 1. The van der Waals surface area contributed by atoms with Gasteiger partial charge in [-0.2, -0.15) is 18.3 Å². The molecule has 29 heavy (non-hydrogen) atoms. The summed E-state index contributed by atoms with van der Waals surface area (Å²) in [4.78, 5) is 16.3. The van der Waals surface area contributed by atoms with Gasteiger partial charge in [0.2, 0.25) is 5.91 Å². The molecule has 3 rings (SSSR count). The lowest BCUT2D eigenvalue weighted by molar-refractivity contribution is -0.142. The molecular weight excluding hydrogens is 388 g/mol. The van der Waals surface area contributed by atoms with E-state index < -0.39 is 11.9 Å². The molecular formula is C20H24F4N4O. The number of anilines is 1. The number of benzene rings is 1. The maximum Gasteiger partial charge on any atom is 0.435 e. The van der Waals surface area contributed by atoms with E-state index in [-0.39, 0.29) is 18.3 Å². The summed E-state index contributed by atoms with van der Waals surface area (Å²) in [5, 5.41) is 3.64. The number of rotatable bonds is 6. The first kappa shape index (κ1) is 21.1. The third-order valence-corrected chi connectivity index (χ3v) is 5.05. The molecule has 0 aliphatic carbocycles. The van der Waals surface area contributed by atoms with Gasteiger partial charge in [0.15, 0.2) is 5.69 Å². The lowest BCUT2D eigenvalue weighted by Crippen LogP contribution is -2.49. The Balaban J connectivity index is 1.63. The van der Waals surface area contributed by atoms with Crippen molar-refractivity contribution in [3.63, 3.8) is 0 Å². The lowest BCUT2D eigenvalue weighted by atomic mass is 10.2. The van der Waals surface area contributed by atoms with Crippen LogP contribution in [0.2, 0.25) is 0 Å². The van der Waals surface area contributed by atoms with Gasteiger partial charge in [-0.05, 0) is 43.2 Å². The van der Waals surface area contributed by atoms with E-state index in [2.05, 4.69) is 5.10 Å². The highest BCUT2D eigenvalue weighted by Crippen LogP contribution is 2.29. The zero-order chi connectivity index (χ0) is 21.0. The molecule has 1 aliphatic rings. The summed E-state index contributed by atoms with van der Waals surface area (Å²) < 4.78 is 53.3. The highest BCUT2D eigenvalue weighted by Gasteiger charge is 2.35. The van der Waals surface area contributed by atoms with Crippen molar-refractivity contribution in [3.8, 4) is 0 Å². The minimum Gasteiger partial charge on any atom is -0.368 e. The van der Waals surface area contributed by atoms with E-state index >= 15 is 0 Å². The molecule has 9 heteroatoms. The number of halogens is 4. The fourth-order valence-corrected chi connectivity index (χ4v) is 3.38. The maximum absolute atomic E-state index is 13.1. The second kappa shape index (κ2) is 8.84. The zero-order valence-electron chi connectivity index (χ0n) is 16.3. The Labute approximate surface area is 166 Å². The largest absolute Gasteiger partial charge is 0.435 e. The number of hydrogen-bond acceptors (Lipinski definition) is 3. The van der Waals surface area contributed by atoms with Gasteiger partial charge in [-0.25, -0.2) is 4.39 Å². The number of amides is 1. The molecule has 158 valence electrons. The van der Waals surface area contributed by atoms with Crippen LogP contribution >= 0.6 is 0 Å². The minimum atomic E-state index is -4.53. The molecule has 1 amide bonds. The van der Waals surface area contributed by atoms with Crippen molar-refractivity contribution in [1.82, 2.24) is 14.7 Å². The summed E-state index contributed by atoms with van der Waals surface area (Å²) in [7, 11) is 0. The van der Waals surface area contributed by atoms with Crippen LogP contribution in [-0.4, -0.2) is 46.8 Å². The summed E-state index contributed by atoms with van der Waals surface area (Å²) >= 11 is 0. The Morgan fingerprint density at radius 3 is 2.34 bits per heavy atom. The van der Waals surface area contributed by atoms with E-state index in [1.165, 1.54) is 16.8 Å². The number of piperazine rings is 1. The SMILES string of the molecule is CCCCc1cc(C(F)(F)F)nn1CC(=O)N1CCN(c2ccc(F)cc2)CC1. The number of aromatic nitrogens is 2. The summed E-state index contributed by atoms with van der Waals surface area (Å²) in [5.74, 6) is -0.558. The molecule has 2 heterocycles. The van der Waals surface area contributed by atoms with Crippen molar-refractivity contribution in [1.29, 1.82) is 0 Å². The van der Waals surface area contributed by atoms with Crippen molar-refractivity contribution in [2.24, 2.45) is 0 Å². The number of carbonyl (C=O) groups is 1. The molecule has 0 spiro atoms. The van der Waals surface area contributed by atoms with Gasteiger partial charge in [0.05, 0.1) is 0 Å². The second-order valence-corrected chi connectivity index (χ2v) is 7.12. The highest BCUT2D eigenvalue weighted by atomic mass is 19.4. The normalized spacial score (nSPS) is 15.1. The van der Waals surface area contributed by atoms with Crippen LogP contribution in [0, 0.1) is 5.82 Å². The summed E-state index contributed by atoms with van der Waals surface area (Å²) in [5.41, 5.74) is 0.345. The average molecular weight is 412 g/mol. The molecule has 1 aromatic heterocycles. The van der Waals surface area contributed by atoms with E-state index in [0.717, 1.165) is 24.6 Å². The first-order valence-electron chi connectivity index (χ1n) is 9.70. The second-order valence-electron chi connectivity index (χ2n) is 7.12. The van der Waals surface area contributed by atoms with Crippen LogP contribution in [0.1, 0.15) is 31.2 Å². The van der Waals surface area contributed by atoms with E-state index in [9.17, 15) is 22.4 Å². The van der Waals surface area contributed by atoms with Gasteiger partial charge in [0, 0.05) is 37.6 Å². The summed E-state index contributed by atoms with van der Waals surface area (Å²) in [6, 6.07) is 7.20. The molecule has 0 radical (unpaired) electrons. The number of aryl methyl sites for hydroxylation is 1. The molecule has 0 saturated carbocycles. The topological polar surface area (TPSA) is 41.4 Å². The van der Waals surface area contributed by atoms with E-state index in [1.54, 1.807) is 17.0 Å². The van der Waals surface area contributed by atoms with Crippen LogP contribution in [0.25, 0.3) is 0 Å². The van der Waals surface area contributed by atoms with Crippen molar-refractivity contribution < 1.29 is 22.4 Å². The van der Waals surface area contributed by atoms with Gasteiger partial charge in [0.1, 0.15) is 12.4 Å². The van der Waals surface area contributed by atoms with Crippen LogP contribution in [-0.2, 0) is 23.9 Å². The van der Waals surface area contributed by atoms with Crippen LogP contribution in [0.3, 0.4) is 0 Å². The Kier molecular flexibility index (Phi) is 6.44. The number of carbonyl (C=O) groups excluding carboxylic acids is 1. The summed E-state index contributed by atoms with van der Waals surface area (Å²) in [6.07, 6.45) is -2.51. The van der Waals surface area contributed by atoms with Crippen molar-refractivity contribution in [2.75, 3.05) is 31.1 Å². The van der Waals surface area contributed by atoms with Gasteiger partial charge >= 0.3 is 6.18 Å². The monoisotopic (exact) mass is 412 g/mol. The third kappa shape index (κ3) is 5.27. The van der Waals surface area contributed by atoms with Crippen LogP contribution < -0.4 is 4.90 Å². The quantitative estimate of drug-likeness (QED) is 0.679. The van der Waals surface area contributed by atoms with Crippen molar-refractivity contribution in [2.45, 2.75) is 38.9 Å². The van der Waals surface area contributed by atoms with Crippen LogP contribution in [0.15, 0.2) is 30.3 Å². The minimum absolute atomic E-state index is 0.203. The van der Waals surface area contributed by atoms with Gasteiger partial charge < -0.3 is 9.80 Å². The van der Waals surface area contributed by atoms with E-state index in [1.807, 2.05) is 11.8 Å². The number of alkyl halides is 3. The highest BCUT2D eigenvalue weighted by molar-refractivity contribution is 5.76. The predicted molar refractivity (Wildman–Crippen MR) is 101 cm³/mol. The van der Waals surface area contributed by atoms with Crippen LogP contribution in [0.4, 0.5) is 23.2 Å². The van der Waals surface area contributed by atoms with E-state index in [4.69, 9.17) is 0 Å². The van der Waals surface area contributed by atoms with Gasteiger partial charge in [0.25, 0.3) is 0 Å². The molecule has 5 nitrogen and oxygen atoms in total. The molecule has 1 aliphatic heterocycles. The smallest absolute Gasteiger partial charge is 0.368 e. The fraction of sp³-hybridized carbons (Fsp3) is 0.500. The molecule has 1 fully saturated rings. The Hall–Kier alpha value is -2.58. The molecule has 1 saturated heterocycles. The van der Waals surface area contributed by atoms with Crippen molar-refractivity contribution >= 4 is 11.6 Å². The van der Waals surface area contributed by atoms with Crippen LogP contribution in [0.5, 0.6) is 0 Å². The fourth-order valence-electron chi connectivity index (χ4n) is 3.38. The molecule has 0 atom stereocenters. The van der Waals surface area contributed by atoms with Gasteiger partial charge in [-0.15, -0.1) is 0 Å². The Morgan fingerprint density at radius 2 is 1.76 bits per heavy atom. The van der Waals surface area contributed by atoms with Crippen molar-refractivity contribution in [3.05, 3.63) is 47.5 Å². The molecule has 1 aromatic carbocycles. The standard InChI is InChI=1S/C20H24F4N4O/c1-2-3-4-17-13-18(20(22,23)24)25-28(17)14-19(29)27-11-9-26(10-12-27)16-7-5-15(21)6-8-16/h5-8,13H,2-4,9-12,14H2,1H3. The Bertz CT molecular complexity index is 824. The first-order valence-corrected chi connectivity index (χ1v) is 9.70.